The number of hydrogen-bond donors (Lipinski definition) is 1. The summed E-state index contributed by atoms with van der Waals surface area (Å²) in [6.45, 7) is 0. The number of carbonyl (C=O) groups excluding carboxylic acids is 1. The zero-order valence-electron chi connectivity index (χ0n) is 11.4. The molecule has 19 heavy (non-hydrogen) atoms. The molecule has 0 bridgehead atoms. The van der Waals surface area contributed by atoms with Crippen LogP contribution >= 0.6 is 0 Å². The van der Waals surface area contributed by atoms with Crippen LogP contribution in [-0.4, -0.2) is 25.0 Å². The molecular weight excluding hydrogens is 238 g/mol. The molecule has 2 fully saturated rings. The minimum atomic E-state index is 0.000191. The van der Waals surface area contributed by atoms with Gasteiger partial charge in [0, 0.05) is 11.6 Å². The van der Waals surface area contributed by atoms with E-state index in [0.29, 0.717) is 12.0 Å². The summed E-state index contributed by atoms with van der Waals surface area (Å²) in [6, 6.07) is 8.04. The molecule has 3 rings (SSSR count). The molecule has 3 atom stereocenters. The first-order chi connectivity index (χ1) is 9.28. The van der Waals surface area contributed by atoms with Crippen molar-refractivity contribution in [1.29, 1.82) is 0 Å². The van der Waals surface area contributed by atoms with Crippen LogP contribution in [0.1, 0.15) is 42.5 Å². The maximum absolute atomic E-state index is 12.5. The smallest absolute Gasteiger partial charge is 0.179 e. The summed E-state index contributed by atoms with van der Waals surface area (Å²) in [7, 11) is 1.63. The van der Waals surface area contributed by atoms with Crippen molar-refractivity contribution in [2.24, 2.45) is 5.92 Å². The number of hydrogen-bond acceptors (Lipinski definition) is 3. The fraction of sp³-hybridized carbons (Fsp3) is 0.562. The third-order valence-corrected chi connectivity index (χ3v) is 4.53. The van der Waals surface area contributed by atoms with Crippen LogP contribution in [0.2, 0.25) is 0 Å². The Labute approximate surface area is 114 Å². The van der Waals surface area contributed by atoms with Crippen molar-refractivity contribution < 1.29 is 9.53 Å². The van der Waals surface area contributed by atoms with Crippen LogP contribution < -0.4 is 10.1 Å². The number of benzene rings is 1. The van der Waals surface area contributed by atoms with Gasteiger partial charge in [0.2, 0.25) is 0 Å². The Kier molecular flexibility index (Phi) is 3.56. The second kappa shape index (κ2) is 5.33. The van der Waals surface area contributed by atoms with Crippen molar-refractivity contribution in [2.45, 2.75) is 44.2 Å². The monoisotopic (exact) mass is 259 g/mol. The lowest BCUT2D eigenvalue weighted by Crippen LogP contribution is -2.37. The number of rotatable bonds is 3. The van der Waals surface area contributed by atoms with E-state index in [-0.39, 0.29) is 11.8 Å². The van der Waals surface area contributed by atoms with Gasteiger partial charge >= 0.3 is 0 Å². The second-order valence-corrected chi connectivity index (χ2v) is 5.70. The van der Waals surface area contributed by atoms with E-state index in [4.69, 9.17) is 4.74 Å². The van der Waals surface area contributed by atoms with E-state index in [1.165, 1.54) is 25.7 Å². The Morgan fingerprint density at radius 3 is 2.95 bits per heavy atom. The summed E-state index contributed by atoms with van der Waals surface area (Å²) in [6.07, 6.45) is 6.13. The standard InChI is InChI=1S/C16H21NO2/c1-19-13-7-4-6-12(9-13)16(18)15-10-11-5-2-3-8-14(11)17-15/h4,6-7,9,11,14-15,17H,2-3,5,8,10H2,1H3. The topological polar surface area (TPSA) is 38.3 Å². The number of methoxy groups -OCH3 is 1. The first-order valence-corrected chi connectivity index (χ1v) is 7.22. The molecule has 1 N–H and O–H groups in total. The molecule has 1 saturated carbocycles. The molecule has 102 valence electrons. The van der Waals surface area contributed by atoms with E-state index in [1.54, 1.807) is 7.11 Å². The molecule has 3 unspecified atom stereocenters. The predicted octanol–water partition coefficient (Wildman–Crippen LogP) is 2.80. The Hall–Kier alpha value is -1.35. The van der Waals surface area contributed by atoms with E-state index in [0.717, 1.165) is 17.7 Å². The molecule has 0 spiro atoms. The average molecular weight is 259 g/mol. The summed E-state index contributed by atoms with van der Waals surface area (Å²) < 4.78 is 5.19. The third-order valence-electron chi connectivity index (χ3n) is 4.53. The number of carbonyl (C=O) groups is 1. The van der Waals surface area contributed by atoms with Gasteiger partial charge in [-0.25, -0.2) is 0 Å². The molecule has 1 aromatic carbocycles. The fourth-order valence-electron chi connectivity index (χ4n) is 3.50. The highest BCUT2D eigenvalue weighted by Gasteiger charge is 2.38. The molecule has 2 aliphatic rings. The molecule has 0 aromatic heterocycles. The van der Waals surface area contributed by atoms with E-state index < -0.39 is 0 Å². The fourth-order valence-corrected chi connectivity index (χ4v) is 3.50. The minimum absolute atomic E-state index is 0.000191. The van der Waals surface area contributed by atoms with Gasteiger partial charge in [0.15, 0.2) is 5.78 Å². The van der Waals surface area contributed by atoms with Crippen molar-refractivity contribution in [2.75, 3.05) is 7.11 Å². The number of nitrogens with one attached hydrogen (secondary N) is 1. The Morgan fingerprint density at radius 2 is 2.16 bits per heavy atom. The van der Waals surface area contributed by atoms with Gasteiger partial charge < -0.3 is 10.1 Å². The van der Waals surface area contributed by atoms with Gasteiger partial charge in [-0.05, 0) is 37.3 Å². The van der Waals surface area contributed by atoms with Crippen molar-refractivity contribution in [3.05, 3.63) is 29.8 Å². The normalized spacial score (nSPS) is 29.8. The maximum Gasteiger partial charge on any atom is 0.179 e. The summed E-state index contributed by atoms with van der Waals surface area (Å²) >= 11 is 0. The Morgan fingerprint density at radius 1 is 1.32 bits per heavy atom. The number of ketones is 1. The van der Waals surface area contributed by atoms with Crippen LogP contribution in [0.25, 0.3) is 0 Å². The Balaban J connectivity index is 1.73. The van der Waals surface area contributed by atoms with Crippen LogP contribution in [0.15, 0.2) is 24.3 Å². The Bertz CT molecular complexity index is 458. The van der Waals surface area contributed by atoms with E-state index >= 15 is 0 Å². The maximum atomic E-state index is 12.5. The summed E-state index contributed by atoms with van der Waals surface area (Å²) in [4.78, 5) is 12.5. The summed E-state index contributed by atoms with van der Waals surface area (Å²) in [5.41, 5.74) is 0.760. The zero-order chi connectivity index (χ0) is 13.2. The molecule has 1 heterocycles. The highest BCUT2D eigenvalue weighted by molar-refractivity contribution is 6.00. The number of ether oxygens (including phenoxy) is 1. The van der Waals surface area contributed by atoms with Gasteiger partial charge in [0.25, 0.3) is 0 Å². The second-order valence-electron chi connectivity index (χ2n) is 5.70. The van der Waals surface area contributed by atoms with Crippen LogP contribution in [0.4, 0.5) is 0 Å². The summed E-state index contributed by atoms with van der Waals surface area (Å²) in [5, 5.41) is 3.54. The average Bonchev–Trinajstić information content (AvgIpc) is 2.90. The molecule has 1 aromatic rings. The molecule has 3 heteroatoms. The predicted molar refractivity (Wildman–Crippen MR) is 74.6 cm³/mol. The minimum Gasteiger partial charge on any atom is -0.497 e. The van der Waals surface area contributed by atoms with Gasteiger partial charge in [-0.15, -0.1) is 0 Å². The van der Waals surface area contributed by atoms with Crippen LogP contribution in [0.5, 0.6) is 5.75 Å². The number of Topliss-reactive ketones (excluding diaryl/α,β-unsaturated/α-hetero) is 1. The first kappa shape index (κ1) is 12.7. The molecule has 1 aliphatic heterocycles. The van der Waals surface area contributed by atoms with Crippen LogP contribution in [0.3, 0.4) is 0 Å². The third kappa shape index (κ3) is 2.52. The van der Waals surface area contributed by atoms with Crippen molar-refractivity contribution >= 4 is 5.78 Å². The zero-order valence-corrected chi connectivity index (χ0v) is 11.4. The molecule has 1 saturated heterocycles. The van der Waals surface area contributed by atoms with Crippen molar-refractivity contribution in [3.63, 3.8) is 0 Å². The molecule has 3 nitrogen and oxygen atoms in total. The van der Waals surface area contributed by atoms with Gasteiger partial charge in [-0.1, -0.05) is 25.0 Å². The van der Waals surface area contributed by atoms with Crippen LogP contribution in [-0.2, 0) is 0 Å². The van der Waals surface area contributed by atoms with Crippen molar-refractivity contribution in [1.82, 2.24) is 5.32 Å². The summed E-state index contributed by atoms with van der Waals surface area (Å²) in [5.74, 6) is 1.67. The van der Waals surface area contributed by atoms with Gasteiger partial charge in [-0.3, -0.25) is 4.79 Å². The van der Waals surface area contributed by atoms with E-state index in [9.17, 15) is 4.79 Å². The SMILES string of the molecule is COc1cccc(C(=O)C2CC3CCCCC3N2)c1. The van der Waals surface area contributed by atoms with E-state index in [2.05, 4.69) is 5.32 Å². The largest absolute Gasteiger partial charge is 0.497 e. The lowest BCUT2D eigenvalue weighted by atomic mass is 9.84. The van der Waals surface area contributed by atoms with E-state index in [1.807, 2.05) is 24.3 Å². The quantitative estimate of drug-likeness (QED) is 0.848. The first-order valence-electron chi connectivity index (χ1n) is 7.22. The van der Waals surface area contributed by atoms with Gasteiger partial charge in [-0.2, -0.15) is 0 Å². The molecule has 0 radical (unpaired) electrons. The molecule has 1 aliphatic carbocycles. The van der Waals surface area contributed by atoms with Gasteiger partial charge in [0.05, 0.1) is 13.2 Å². The lowest BCUT2D eigenvalue weighted by molar-refractivity contribution is 0.0948. The highest BCUT2D eigenvalue weighted by atomic mass is 16.5. The van der Waals surface area contributed by atoms with Gasteiger partial charge in [0.1, 0.15) is 5.75 Å². The number of fused-ring (bicyclic) bond motifs is 1. The molecular formula is C16H21NO2. The molecule has 0 amide bonds. The van der Waals surface area contributed by atoms with Crippen LogP contribution in [0, 0.1) is 5.92 Å². The lowest BCUT2D eigenvalue weighted by Gasteiger charge is -2.24. The van der Waals surface area contributed by atoms with Crippen molar-refractivity contribution in [3.8, 4) is 5.75 Å². The highest BCUT2D eigenvalue weighted by Crippen LogP contribution is 2.34.